The van der Waals surface area contributed by atoms with E-state index in [-0.39, 0.29) is 35.6 Å². The number of rotatable bonds is 2. The maximum absolute atomic E-state index is 2.63. The van der Waals surface area contributed by atoms with Crippen molar-refractivity contribution >= 4 is 3.21 Å². The molecule has 204 valence electrons. The van der Waals surface area contributed by atoms with Gasteiger partial charge in [0.25, 0.3) is 0 Å². The zero-order valence-electron chi connectivity index (χ0n) is 24.8. The molecule has 0 saturated heterocycles. The number of aryl methyl sites for hydroxylation is 2. The van der Waals surface area contributed by atoms with Crippen molar-refractivity contribution < 1.29 is 46.1 Å². The van der Waals surface area contributed by atoms with Gasteiger partial charge in [-0.15, -0.1) is 0 Å². The maximum Gasteiger partial charge on any atom is -1.00 e. The first-order valence-corrected chi connectivity index (χ1v) is 18.2. The molecule has 3 heteroatoms. The van der Waals surface area contributed by atoms with Crippen LogP contribution in [0.4, 0.5) is 0 Å². The Labute approximate surface area is 252 Å². The van der Waals surface area contributed by atoms with E-state index in [2.05, 4.69) is 97.9 Å². The topological polar surface area (TPSA) is 0 Å². The summed E-state index contributed by atoms with van der Waals surface area (Å²) in [6, 6.07) is 10.5. The summed E-state index contributed by atoms with van der Waals surface area (Å²) in [7, 11) is 0. The average molecular weight is 629 g/mol. The second-order valence-electron chi connectivity index (χ2n) is 13.7. The Morgan fingerprint density at radius 2 is 1.16 bits per heavy atom. The van der Waals surface area contributed by atoms with Crippen LogP contribution in [0.1, 0.15) is 123 Å². The van der Waals surface area contributed by atoms with Crippen molar-refractivity contribution in [1.82, 2.24) is 0 Å². The largest absolute Gasteiger partial charge is 1.00 e. The van der Waals surface area contributed by atoms with E-state index in [1.165, 1.54) is 67.2 Å². The van der Waals surface area contributed by atoms with Gasteiger partial charge in [0.05, 0.1) is 0 Å². The molecule has 38 heavy (non-hydrogen) atoms. The van der Waals surface area contributed by atoms with E-state index in [0.29, 0.717) is 3.63 Å². The standard InChI is InChI=1S/C23H29.C7H12.C5H5.2ClH.Zr/c1-14-9-16-11-17-10-15(2)21(23(6,7)8)13-19(17)18(16)12-20(14)22(3,4)5;1-2-4-6-7-5-3-1;1-2-4-5-3-1;;;/h9-13H,1-8H3;1-6H2;1-3H,4H2;2*1H;/q;;;;;+2/p-2. The Morgan fingerprint density at radius 1 is 0.684 bits per heavy atom. The van der Waals surface area contributed by atoms with Crippen molar-refractivity contribution in [3.8, 4) is 11.1 Å². The summed E-state index contributed by atoms with van der Waals surface area (Å²) < 4.78 is 4.49. The number of hydrogen-bond donors (Lipinski definition) is 0. The Balaban J connectivity index is 0.00000200. The zero-order valence-corrected chi connectivity index (χ0v) is 28.8. The van der Waals surface area contributed by atoms with Crippen LogP contribution in [-0.2, 0) is 32.1 Å². The predicted molar refractivity (Wildman–Crippen MR) is 155 cm³/mol. The summed E-state index contributed by atoms with van der Waals surface area (Å²) in [5.74, 6) is 0. The Morgan fingerprint density at radius 3 is 1.55 bits per heavy atom. The van der Waals surface area contributed by atoms with Crippen LogP contribution in [0.3, 0.4) is 0 Å². The molecular formula is C35H46Cl2Zr. The van der Waals surface area contributed by atoms with Crippen LogP contribution < -0.4 is 24.8 Å². The molecule has 0 aromatic heterocycles. The second kappa shape index (κ2) is 12.0. The number of fused-ring (bicyclic) bond motifs is 3. The van der Waals surface area contributed by atoms with E-state index in [1.54, 1.807) is 22.3 Å². The third-order valence-electron chi connectivity index (χ3n) is 8.82. The zero-order chi connectivity index (χ0) is 25.8. The molecule has 2 aromatic rings. The van der Waals surface area contributed by atoms with E-state index in [9.17, 15) is 0 Å². The minimum Gasteiger partial charge on any atom is -1.00 e. The van der Waals surface area contributed by atoms with Gasteiger partial charge in [-0.2, -0.15) is 0 Å². The molecule has 0 heterocycles. The van der Waals surface area contributed by atoms with Crippen LogP contribution in [0.2, 0.25) is 0 Å². The van der Waals surface area contributed by atoms with E-state index >= 15 is 0 Å². The fourth-order valence-electron chi connectivity index (χ4n) is 7.19. The third kappa shape index (κ3) is 5.97. The van der Waals surface area contributed by atoms with Crippen LogP contribution >= 0.6 is 0 Å². The van der Waals surface area contributed by atoms with E-state index in [1.807, 2.05) is 6.49 Å². The molecule has 1 saturated carbocycles. The van der Waals surface area contributed by atoms with Crippen molar-refractivity contribution in [2.24, 2.45) is 0 Å². The first-order chi connectivity index (χ1) is 17.0. The van der Waals surface area contributed by atoms with Gasteiger partial charge in [0.15, 0.2) is 0 Å². The monoisotopic (exact) mass is 626 g/mol. The Kier molecular flexibility index (Phi) is 10.0. The van der Waals surface area contributed by atoms with Gasteiger partial charge in [-0.1, -0.05) is 0 Å². The fourth-order valence-corrected chi connectivity index (χ4v) is 16.6. The van der Waals surface area contributed by atoms with Crippen molar-refractivity contribution in [2.75, 3.05) is 0 Å². The first-order valence-electron chi connectivity index (χ1n) is 14.3. The number of hydrogen-bond acceptors (Lipinski definition) is 0. The number of allylic oxidation sites excluding steroid dienone is 4. The van der Waals surface area contributed by atoms with E-state index < -0.39 is 21.3 Å². The molecule has 0 unspecified atom stereocenters. The fraction of sp³-hybridized carbons (Fsp3) is 0.514. The quantitative estimate of drug-likeness (QED) is 0.442. The van der Waals surface area contributed by atoms with Gasteiger partial charge < -0.3 is 24.8 Å². The molecule has 0 spiro atoms. The van der Waals surface area contributed by atoms with Crippen LogP contribution in [0.15, 0.2) is 45.8 Å². The first kappa shape index (κ1) is 31.8. The van der Waals surface area contributed by atoms with Crippen LogP contribution in [0.5, 0.6) is 0 Å². The molecule has 0 N–H and O–H groups in total. The molecular weight excluding hydrogens is 583 g/mol. The van der Waals surface area contributed by atoms with Crippen molar-refractivity contribution in [2.45, 2.75) is 115 Å². The van der Waals surface area contributed by atoms with Crippen LogP contribution in [0.25, 0.3) is 11.1 Å². The normalized spacial score (nSPS) is 17.0. The second-order valence-corrected chi connectivity index (χ2v) is 20.5. The van der Waals surface area contributed by atoms with Crippen molar-refractivity contribution in [1.29, 1.82) is 0 Å². The van der Waals surface area contributed by atoms with Gasteiger partial charge in [-0.25, -0.2) is 0 Å². The molecule has 0 radical (unpaired) electrons. The summed E-state index contributed by atoms with van der Waals surface area (Å²) in [6.45, 7) is 19.0. The molecule has 0 atom stereocenters. The summed E-state index contributed by atoms with van der Waals surface area (Å²) >= 11 is -2.15. The SMILES string of the molecule is Cc1cc2c(cc1C(C)(C)C)-c1cc(C(C)(C)C)c(C)cc1[CH]2[Zr+2]([C]1=CC=CC1)=[C]1CCCCCC1.[Cl-].[Cl-]. The number of halogens is 2. The number of benzene rings is 2. The third-order valence-corrected chi connectivity index (χ3v) is 17.5. The van der Waals surface area contributed by atoms with Gasteiger partial charge >= 0.3 is 230 Å². The van der Waals surface area contributed by atoms with Gasteiger partial charge in [-0.05, 0) is 0 Å². The maximum atomic E-state index is 2.63. The molecule has 3 aliphatic carbocycles. The van der Waals surface area contributed by atoms with Crippen LogP contribution in [0, 0.1) is 13.8 Å². The smallest absolute Gasteiger partial charge is 1.00 e. The average Bonchev–Trinajstić information content (AvgIpc) is 3.30. The predicted octanol–water partition coefficient (Wildman–Crippen LogP) is 3.96. The van der Waals surface area contributed by atoms with Gasteiger partial charge in [0.1, 0.15) is 0 Å². The van der Waals surface area contributed by atoms with Gasteiger partial charge in [0, 0.05) is 0 Å². The molecule has 0 aliphatic heterocycles. The molecule has 5 rings (SSSR count). The van der Waals surface area contributed by atoms with E-state index in [4.69, 9.17) is 0 Å². The molecule has 2 aromatic carbocycles. The summed E-state index contributed by atoms with van der Waals surface area (Å²) in [5, 5.41) is 0. The summed E-state index contributed by atoms with van der Waals surface area (Å²) in [5.41, 5.74) is 12.7. The molecule has 0 amide bonds. The van der Waals surface area contributed by atoms with Crippen molar-refractivity contribution in [3.63, 3.8) is 0 Å². The minimum absolute atomic E-state index is 0. The molecule has 0 nitrogen and oxygen atoms in total. The summed E-state index contributed by atoms with van der Waals surface area (Å²) in [4.78, 5) is 0. The van der Waals surface area contributed by atoms with Crippen LogP contribution in [-0.4, -0.2) is 3.21 Å². The van der Waals surface area contributed by atoms with E-state index in [0.717, 1.165) is 0 Å². The minimum atomic E-state index is -2.15. The molecule has 0 bridgehead atoms. The van der Waals surface area contributed by atoms with Gasteiger partial charge in [-0.3, -0.25) is 0 Å². The Hall–Kier alpha value is -0.747. The van der Waals surface area contributed by atoms with Crippen molar-refractivity contribution in [3.05, 3.63) is 79.2 Å². The van der Waals surface area contributed by atoms with Gasteiger partial charge in [0.2, 0.25) is 0 Å². The Bertz CT molecular complexity index is 1220. The molecule has 1 fully saturated rings. The summed E-state index contributed by atoms with van der Waals surface area (Å²) in [6.07, 6.45) is 17.0. The molecule has 3 aliphatic rings.